The lowest BCUT2D eigenvalue weighted by molar-refractivity contribution is 0.0955. The van der Waals surface area contributed by atoms with Gasteiger partial charge in [-0.15, -0.1) is 0 Å². The van der Waals surface area contributed by atoms with Gasteiger partial charge in [-0.3, -0.25) is 24.4 Å². The van der Waals surface area contributed by atoms with E-state index in [0.29, 0.717) is 40.3 Å². The highest BCUT2D eigenvalue weighted by atomic mass is 16.5. The van der Waals surface area contributed by atoms with Gasteiger partial charge in [0, 0.05) is 25.2 Å². The van der Waals surface area contributed by atoms with Gasteiger partial charge < -0.3 is 24.8 Å². The Morgan fingerprint density at radius 2 is 1.97 bits per heavy atom. The second kappa shape index (κ2) is 10.8. The monoisotopic (exact) mass is 505 g/mol. The second-order valence-electron chi connectivity index (χ2n) is 8.09. The number of nitrogens with two attached hydrogens (primary N) is 1. The standard InChI is InChI=1S/C25H27N7O5/c1-4-32-19(11-15(2)30-32)24(35)29-25-28-18-12-17(22(26)33)13-20(36-3)21(18)31(25)9-6-5-8-27-23(34)16-7-10-37-14-16/h5-7,10-14H,4,8-9H2,1-3H3,(H2,26,33)(H,27,34)(H,28,29,35)/b6-5+. The van der Waals surface area contributed by atoms with Crippen LogP contribution < -0.4 is 21.1 Å². The summed E-state index contributed by atoms with van der Waals surface area (Å²) < 4.78 is 13.8. The summed E-state index contributed by atoms with van der Waals surface area (Å²) in [6.07, 6.45) is 6.38. The van der Waals surface area contributed by atoms with Crippen molar-refractivity contribution in [2.75, 3.05) is 19.0 Å². The molecule has 0 saturated heterocycles. The minimum absolute atomic E-state index is 0.226. The molecule has 4 rings (SSSR count). The van der Waals surface area contributed by atoms with Gasteiger partial charge in [-0.25, -0.2) is 4.98 Å². The van der Waals surface area contributed by atoms with Crippen LogP contribution in [0.4, 0.5) is 5.95 Å². The van der Waals surface area contributed by atoms with Crippen LogP contribution in [0.5, 0.6) is 5.75 Å². The molecule has 0 spiro atoms. The number of carbonyl (C=O) groups is 3. The Kier molecular flexibility index (Phi) is 7.37. The number of nitrogens with one attached hydrogen (secondary N) is 2. The number of aryl methyl sites for hydroxylation is 2. The number of hydrogen-bond acceptors (Lipinski definition) is 7. The number of anilines is 1. The molecule has 0 fully saturated rings. The Balaban J connectivity index is 1.64. The molecule has 4 N–H and O–H groups in total. The Hall–Kier alpha value is -4.87. The highest BCUT2D eigenvalue weighted by Gasteiger charge is 2.21. The molecule has 0 aliphatic heterocycles. The van der Waals surface area contributed by atoms with Crippen LogP contribution in [0.3, 0.4) is 0 Å². The van der Waals surface area contributed by atoms with E-state index in [1.165, 1.54) is 25.7 Å². The van der Waals surface area contributed by atoms with E-state index in [1.807, 2.05) is 19.9 Å². The van der Waals surface area contributed by atoms with Crippen LogP contribution in [0.15, 0.2) is 53.4 Å². The van der Waals surface area contributed by atoms with Crippen LogP contribution in [0.25, 0.3) is 11.0 Å². The lowest BCUT2D eigenvalue weighted by atomic mass is 10.1. The number of nitrogens with zero attached hydrogens (tertiary/aromatic N) is 4. The summed E-state index contributed by atoms with van der Waals surface area (Å²) in [4.78, 5) is 41.6. The molecular weight excluding hydrogens is 478 g/mol. The quantitative estimate of drug-likeness (QED) is 0.279. The van der Waals surface area contributed by atoms with Gasteiger partial charge in [0.2, 0.25) is 11.9 Å². The number of imidazole rings is 1. The van der Waals surface area contributed by atoms with Crippen LogP contribution in [0.2, 0.25) is 0 Å². The van der Waals surface area contributed by atoms with Gasteiger partial charge in [-0.1, -0.05) is 12.2 Å². The van der Waals surface area contributed by atoms with Crippen molar-refractivity contribution >= 4 is 34.7 Å². The van der Waals surface area contributed by atoms with Crippen molar-refractivity contribution in [3.8, 4) is 5.75 Å². The molecule has 37 heavy (non-hydrogen) atoms. The number of fused-ring (bicyclic) bond motifs is 1. The molecule has 0 unspecified atom stereocenters. The molecule has 12 heteroatoms. The third-order valence-electron chi connectivity index (χ3n) is 5.59. The average Bonchev–Trinajstić information content (AvgIpc) is 3.62. The summed E-state index contributed by atoms with van der Waals surface area (Å²) >= 11 is 0. The molecule has 0 aliphatic rings. The lowest BCUT2D eigenvalue weighted by Gasteiger charge is -2.11. The fourth-order valence-corrected chi connectivity index (χ4v) is 3.85. The van der Waals surface area contributed by atoms with Crippen LogP contribution in [0.1, 0.15) is 43.8 Å². The van der Waals surface area contributed by atoms with Crippen molar-refractivity contribution in [2.24, 2.45) is 5.73 Å². The molecule has 0 aliphatic carbocycles. The molecule has 4 aromatic rings. The fraction of sp³-hybridized carbons (Fsp3) is 0.240. The molecule has 3 aromatic heterocycles. The molecular formula is C25H27N7O5. The molecule has 3 amide bonds. The second-order valence-corrected chi connectivity index (χ2v) is 8.09. The van der Waals surface area contributed by atoms with Gasteiger partial charge >= 0.3 is 0 Å². The number of methoxy groups -OCH3 is 1. The number of hydrogen-bond donors (Lipinski definition) is 3. The first-order chi connectivity index (χ1) is 17.8. The number of rotatable bonds is 10. The zero-order valence-corrected chi connectivity index (χ0v) is 20.6. The lowest BCUT2D eigenvalue weighted by Crippen LogP contribution is -2.22. The number of ether oxygens (including phenoxy) is 1. The molecule has 0 radical (unpaired) electrons. The molecule has 0 atom stereocenters. The normalized spacial score (nSPS) is 11.2. The van der Waals surface area contributed by atoms with Gasteiger partial charge in [0.05, 0.1) is 30.1 Å². The summed E-state index contributed by atoms with van der Waals surface area (Å²) in [7, 11) is 1.47. The van der Waals surface area contributed by atoms with Gasteiger partial charge in [0.1, 0.15) is 23.2 Å². The summed E-state index contributed by atoms with van der Waals surface area (Å²) in [5.74, 6) is -0.660. The summed E-state index contributed by atoms with van der Waals surface area (Å²) in [6.45, 7) is 4.79. The Morgan fingerprint density at radius 1 is 1.16 bits per heavy atom. The van der Waals surface area contributed by atoms with Crippen molar-refractivity contribution in [3.63, 3.8) is 0 Å². The Labute approximate surface area is 212 Å². The predicted molar refractivity (Wildman–Crippen MR) is 136 cm³/mol. The topological polar surface area (TPSA) is 159 Å². The predicted octanol–water partition coefficient (Wildman–Crippen LogP) is 2.50. The van der Waals surface area contributed by atoms with Crippen LogP contribution in [0, 0.1) is 6.92 Å². The van der Waals surface area contributed by atoms with E-state index >= 15 is 0 Å². The molecule has 12 nitrogen and oxygen atoms in total. The number of furan rings is 1. The number of benzene rings is 1. The number of carbonyl (C=O) groups excluding carboxylic acids is 3. The van der Waals surface area contributed by atoms with Crippen molar-refractivity contribution < 1.29 is 23.5 Å². The van der Waals surface area contributed by atoms with Crippen LogP contribution in [-0.2, 0) is 13.1 Å². The molecule has 3 heterocycles. The first-order valence-corrected chi connectivity index (χ1v) is 11.5. The summed E-state index contributed by atoms with van der Waals surface area (Å²) in [6, 6.07) is 6.34. The smallest absolute Gasteiger partial charge is 0.276 e. The van der Waals surface area contributed by atoms with E-state index in [9.17, 15) is 14.4 Å². The van der Waals surface area contributed by atoms with Crippen molar-refractivity contribution in [3.05, 3.63) is 71.5 Å². The number of aromatic nitrogens is 4. The largest absolute Gasteiger partial charge is 0.494 e. The zero-order valence-electron chi connectivity index (χ0n) is 20.6. The first kappa shape index (κ1) is 25.2. The highest BCUT2D eigenvalue weighted by molar-refractivity contribution is 6.04. The van der Waals surface area contributed by atoms with E-state index in [0.717, 1.165) is 0 Å². The summed E-state index contributed by atoms with van der Waals surface area (Å²) in [5.41, 5.74) is 8.22. The van der Waals surface area contributed by atoms with Crippen molar-refractivity contribution in [1.29, 1.82) is 0 Å². The van der Waals surface area contributed by atoms with Gasteiger partial charge in [0.15, 0.2) is 0 Å². The maximum absolute atomic E-state index is 13.1. The molecule has 0 saturated carbocycles. The fourth-order valence-electron chi connectivity index (χ4n) is 3.85. The Morgan fingerprint density at radius 3 is 2.65 bits per heavy atom. The first-order valence-electron chi connectivity index (χ1n) is 11.5. The van der Waals surface area contributed by atoms with Crippen LogP contribution in [-0.4, -0.2) is 50.7 Å². The average molecular weight is 506 g/mol. The van der Waals surface area contributed by atoms with Crippen molar-refractivity contribution in [2.45, 2.75) is 26.9 Å². The van der Waals surface area contributed by atoms with Gasteiger partial charge in [-0.2, -0.15) is 5.10 Å². The zero-order chi connectivity index (χ0) is 26.5. The van der Waals surface area contributed by atoms with E-state index in [-0.39, 0.29) is 36.4 Å². The summed E-state index contributed by atoms with van der Waals surface area (Å²) in [5, 5.41) is 9.93. The minimum Gasteiger partial charge on any atom is -0.494 e. The van der Waals surface area contributed by atoms with Crippen molar-refractivity contribution in [1.82, 2.24) is 24.6 Å². The minimum atomic E-state index is -0.629. The third kappa shape index (κ3) is 5.37. The number of amides is 3. The molecule has 0 bridgehead atoms. The SMILES string of the molecule is CCn1nc(C)cc1C(=O)Nc1nc2cc(C(N)=O)cc(OC)c2n1C/C=C/CNC(=O)c1ccoc1. The van der Waals surface area contributed by atoms with Gasteiger partial charge in [0.25, 0.3) is 11.8 Å². The number of allylic oxidation sites excluding steroid dienone is 1. The number of primary amides is 1. The van der Waals surface area contributed by atoms with Crippen LogP contribution >= 0.6 is 0 Å². The maximum Gasteiger partial charge on any atom is 0.276 e. The Bertz CT molecular complexity index is 1480. The maximum atomic E-state index is 13.1. The van der Waals surface area contributed by atoms with E-state index in [2.05, 4.69) is 20.7 Å². The van der Waals surface area contributed by atoms with E-state index in [1.54, 1.807) is 33.5 Å². The molecule has 1 aromatic carbocycles. The third-order valence-corrected chi connectivity index (χ3v) is 5.59. The van der Waals surface area contributed by atoms with Gasteiger partial charge in [-0.05, 0) is 38.1 Å². The highest BCUT2D eigenvalue weighted by Crippen LogP contribution is 2.31. The van der Waals surface area contributed by atoms with E-state index < -0.39 is 5.91 Å². The molecule has 192 valence electrons. The van der Waals surface area contributed by atoms with E-state index in [4.69, 9.17) is 14.9 Å².